The summed E-state index contributed by atoms with van der Waals surface area (Å²) < 4.78 is 14.3. The Kier molecular flexibility index (Phi) is 3.81. The standard InChI is InChI=1S/C11H6BrClFNOS/c12-9-5-4-8(17-9)11(16)15-10-6(13)2-1-3-7(10)14/h1-5H,(H,15,16). The number of halogens is 3. The maximum Gasteiger partial charge on any atom is 0.265 e. The fraction of sp³-hybridized carbons (Fsp3) is 0. The van der Waals surface area contributed by atoms with Gasteiger partial charge >= 0.3 is 0 Å². The quantitative estimate of drug-likeness (QED) is 0.857. The Bertz CT molecular complexity index is 552. The van der Waals surface area contributed by atoms with Gasteiger partial charge in [-0.25, -0.2) is 4.39 Å². The van der Waals surface area contributed by atoms with Crippen LogP contribution in [0.1, 0.15) is 9.67 Å². The predicted molar refractivity (Wildman–Crippen MR) is 71.4 cm³/mol. The molecule has 17 heavy (non-hydrogen) atoms. The Morgan fingerprint density at radius 2 is 2.12 bits per heavy atom. The van der Waals surface area contributed by atoms with Crippen molar-refractivity contribution in [3.8, 4) is 0 Å². The first kappa shape index (κ1) is 12.5. The van der Waals surface area contributed by atoms with Crippen molar-refractivity contribution < 1.29 is 9.18 Å². The molecule has 0 saturated heterocycles. The SMILES string of the molecule is O=C(Nc1c(F)cccc1Cl)c1ccc(Br)s1. The number of benzene rings is 1. The van der Waals surface area contributed by atoms with E-state index in [2.05, 4.69) is 21.2 Å². The van der Waals surface area contributed by atoms with Crippen LogP contribution in [-0.4, -0.2) is 5.91 Å². The van der Waals surface area contributed by atoms with Crippen molar-refractivity contribution in [1.82, 2.24) is 0 Å². The van der Waals surface area contributed by atoms with Crippen molar-refractivity contribution in [2.24, 2.45) is 0 Å². The van der Waals surface area contributed by atoms with E-state index in [-0.39, 0.29) is 16.6 Å². The van der Waals surface area contributed by atoms with E-state index < -0.39 is 5.82 Å². The molecule has 2 aromatic rings. The average Bonchev–Trinajstić information content (AvgIpc) is 2.70. The second kappa shape index (κ2) is 5.16. The predicted octanol–water partition coefficient (Wildman–Crippen LogP) is 4.56. The molecule has 0 radical (unpaired) electrons. The molecule has 1 aromatic carbocycles. The molecule has 88 valence electrons. The maximum absolute atomic E-state index is 13.4. The summed E-state index contributed by atoms with van der Waals surface area (Å²) in [5, 5.41) is 2.63. The monoisotopic (exact) mass is 333 g/mol. The van der Waals surface area contributed by atoms with Crippen molar-refractivity contribution in [2.45, 2.75) is 0 Å². The highest BCUT2D eigenvalue weighted by Crippen LogP contribution is 2.27. The first-order valence-corrected chi connectivity index (χ1v) is 6.57. The maximum atomic E-state index is 13.4. The van der Waals surface area contributed by atoms with Crippen LogP contribution in [0.15, 0.2) is 34.1 Å². The smallest absolute Gasteiger partial charge is 0.265 e. The van der Waals surface area contributed by atoms with Crippen molar-refractivity contribution in [2.75, 3.05) is 5.32 Å². The fourth-order valence-corrected chi connectivity index (χ4v) is 2.72. The highest BCUT2D eigenvalue weighted by molar-refractivity contribution is 9.11. The van der Waals surface area contributed by atoms with Crippen LogP contribution in [0, 0.1) is 5.82 Å². The third kappa shape index (κ3) is 2.86. The molecular weight excluding hydrogens is 329 g/mol. The molecule has 2 nitrogen and oxygen atoms in total. The highest BCUT2D eigenvalue weighted by Gasteiger charge is 2.13. The van der Waals surface area contributed by atoms with E-state index in [9.17, 15) is 9.18 Å². The fourth-order valence-electron chi connectivity index (χ4n) is 1.23. The van der Waals surface area contributed by atoms with E-state index in [1.54, 1.807) is 12.1 Å². The summed E-state index contributed by atoms with van der Waals surface area (Å²) in [6.07, 6.45) is 0. The van der Waals surface area contributed by atoms with Gasteiger partial charge in [-0.3, -0.25) is 4.79 Å². The van der Waals surface area contributed by atoms with Gasteiger partial charge in [0.1, 0.15) is 5.82 Å². The minimum atomic E-state index is -0.554. The number of anilines is 1. The van der Waals surface area contributed by atoms with E-state index in [0.29, 0.717) is 4.88 Å². The number of hydrogen-bond donors (Lipinski definition) is 1. The molecular formula is C11H6BrClFNOS. The third-order valence-corrected chi connectivity index (χ3v) is 3.94. The lowest BCUT2D eigenvalue weighted by atomic mass is 10.3. The molecule has 0 spiro atoms. The zero-order valence-corrected chi connectivity index (χ0v) is 11.5. The molecule has 6 heteroatoms. The Labute approximate surface area is 115 Å². The molecule has 2 rings (SSSR count). The third-order valence-electron chi connectivity index (χ3n) is 2.00. The highest BCUT2D eigenvalue weighted by atomic mass is 79.9. The van der Waals surface area contributed by atoms with Crippen molar-refractivity contribution in [3.63, 3.8) is 0 Å². The summed E-state index contributed by atoms with van der Waals surface area (Å²) in [6.45, 7) is 0. The van der Waals surface area contributed by atoms with Gasteiger partial charge in [0.2, 0.25) is 0 Å². The zero-order valence-electron chi connectivity index (χ0n) is 8.34. The van der Waals surface area contributed by atoms with E-state index in [1.807, 2.05) is 0 Å². The molecule has 0 bridgehead atoms. The number of carbonyl (C=O) groups excluding carboxylic acids is 1. The van der Waals surface area contributed by atoms with Gasteiger partial charge in [-0.05, 0) is 40.2 Å². The summed E-state index contributed by atoms with van der Waals surface area (Å²) in [6, 6.07) is 7.65. The van der Waals surface area contributed by atoms with Gasteiger partial charge in [0.05, 0.1) is 19.4 Å². The first-order chi connectivity index (χ1) is 8.08. The van der Waals surface area contributed by atoms with Gasteiger partial charge in [0, 0.05) is 0 Å². The number of thiophene rings is 1. The summed E-state index contributed by atoms with van der Waals surface area (Å²) in [5.41, 5.74) is 0.00342. The van der Waals surface area contributed by atoms with Gasteiger partial charge in [0.15, 0.2) is 0 Å². The van der Waals surface area contributed by atoms with Crippen LogP contribution >= 0.6 is 38.9 Å². The summed E-state index contributed by atoms with van der Waals surface area (Å²) >= 11 is 10.3. The van der Waals surface area contributed by atoms with E-state index in [0.717, 1.165) is 3.79 Å². The number of amides is 1. The minimum absolute atomic E-state index is 0.00342. The van der Waals surface area contributed by atoms with Crippen LogP contribution < -0.4 is 5.32 Å². The van der Waals surface area contributed by atoms with Crippen molar-refractivity contribution >= 4 is 50.5 Å². The van der Waals surface area contributed by atoms with Gasteiger partial charge in [0.25, 0.3) is 5.91 Å². The van der Waals surface area contributed by atoms with Crippen LogP contribution in [0.3, 0.4) is 0 Å². The summed E-state index contributed by atoms with van der Waals surface area (Å²) in [5.74, 6) is -0.936. The minimum Gasteiger partial charge on any atom is -0.318 e. The van der Waals surface area contributed by atoms with E-state index >= 15 is 0 Å². The summed E-state index contributed by atoms with van der Waals surface area (Å²) in [7, 11) is 0. The number of rotatable bonds is 2. The lowest BCUT2D eigenvalue weighted by molar-refractivity contribution is 0.103. The lowest BCUT2D eigenvalue weighted by Gasteiger charge is -2.06. The van der Waals surface area contributed by atoms with Crippen LogP contribution in [-0.2, 0) is 0 Å². The van der Waals surface area contributed by atoms with Crippen LogP contribution in [0.5, 0.6) is 0 Å². The van der Waals surface area contributed by atoms with Crippen LogP contribution in [0.2, 0.25) is 5.02 Å². The molecule has 0 saturated carbocycles. The molecule has 1 aromatic heterocycles. The molecule has 1 heterocycles. The number of hydrogen-bond acceptors (Lipinski definition) is 2. The first-order valence-electron chi connectivity index (χ1n) is 4.58. The van der Waals surface area contributed by atoms with Gasteiger partial charge in [-0.2, -0.15) is 0 Å². The average molecular weight is 335 g/mol. The molecule has 1 N–H and O–H groups in total. The molecule has 0 fully saturated rings. The molecule has 0 aliphatic carbocycles. The second-order valence-electron chi connectivity index (χ2n) is 3.15. The van der Waals surface area contributed by atoms with Crippen LogP contribution in [0.25, 0.3) is 0 Å². The van der Waals surface area contributed by atoms with Crippen LogP contribution in [0.4, 0.5) is 10.1 Å². The second-order valence-corrected chi connectivity index (χ2v) is 6.02. The lowest BCUT2D eigenvalue weighted by Crippen LogP contribution is -2.11. The van der Waals surface area contributed by atoms with Gasteiger partial charge in [-0.15, -0.1) is 11.3 Å². The van der Waals surface area contributed by atoms with E-state index in [1.165, 1.54) is 29.5 Å². The molecule has 0 atom stereocenters. The van der Waals surface area contributed by atoms with Gasteiger partial charge < -0.3 is 5.32 Å². The van der Waals surface area contributed by atoms with Crippen molar-refractivity contribution in [1.29, 1.82) is 0 Å². The van der Waals surface area contributed by atoms with Crippen molar-refractivity contribution in [3.05, 3.63) is 49.8 Å². The number of para-hydroxylation sites is 1. The Hall–Kier alpha value is -0.910. The Morgan fingerprint density at radius 3 is 2.71 bits per heavy atom. The zero-order chi connectivity index (χ0) is 12.4. The summed E-state index contributed by atoms with van der Waals surface area (Å²) in [4.78, 5) is 12.3. The Morgan fingerprint density at radius 1 is 1.35 bits per heavy atom. The normalized spacial score (nSPS) is 10.3. The molecule has 0 unspecified atom stereocenters. The molecule has 0 aliphatic heterocycles. The molecule has 0 aliphatic rings. The topological polar surface area (TPSA) is 29.1 Å². The largest absolute Gasteiger partial charge is 0.318 e. The molecule has 1 amide bonds. The van der Waals surface area contributed by atoms with E-state index in [4.69, 9.17) is 11.6 Å². The Balaban J connectivity index is 2.24. The van der Waals surface area contributed by atoms with Gasteiger partial charge in [-0.1, -0.05) is 17.7 Å². The number of carbonyl (C=O) groups is 1. The number of nitrogens with one attached hydrogen (secondary N) is 1.